The van der Waals surface area contributed by atoms with Crippen LogP contribution in [0.15, 0.2) is 24.3 Å². The van der Waals surface area contributed by atoms with Gasteiger partial charge in [0.2, 0.25) is 0 Å². The first-order chi connectivity index (χ1) is 7.99. The summed E-state index contributed by atoms with van der Waals surface area (Å²) in [6, 6.07) is 0.858. The number of nitrogens with one attached hydrogen (secondary N) is 1. The molecule has 3 heteroatoms. The van der Waals surface area contributed by atoms with Crippen LogP contribution in [0.25, 0.3) is 10.9 Å². The maximum absolute atomic E-state index is 9.56. The van der Waals surface area contributed by atoms with Crippen LogP contribution in [0.4, 0.5) is 0 Å². The van der Waals surface area contributed by atoms with Crippen molar-refractivity contribution in [3.8, 4) is 5.75 Å². The molecule has 0 spiro atoms. The lowest BCUT2D eigenvalue weighted by Crippen LogP contribution is -2.01. The van der Waals surface area contributed by atoms with Gasteiger partial charge in [0.25, 0.3) is 0 Å². The van der Waals surface area contributed by atoms with Gasteiger partial charge in [-0.05, 0) is 36.7 Å². The molecule has 0 amide bonds. The maximum Gasteiger partial charge on any atom is 0.166 e. The number of hydrogen-bond donors (Lipinski definition) is 3. The number of rotatable bonds is 2. The number of benzene rings is 1. The molecule has 68 valence electrons. The third-order valence-corrected chi connectivity index (χ3v) is 1.85. The first-order valence-electron chi connectivity index (χ1n) is 5.96. The van der Waals surface area contributed by atoms with Gasteiger partial charge in [0.05, 0.1) is 4.11 Å². The molecule has 1 heterocycles. The van der Waals surface area contributed by atoms with E-state index in [9.17, 15) is 5.11 Å². The normalized spacial score (nSPS) is 15.2. The average molecular weight is 180 g/mol. The van der Waals surface area contributed by atoms with Crippen molar-refractivity contribution in [1.29, 1.82) is 0 Å². The number of H-pyrrole nitrogens is 1. The van der Waals surface area contributed by atoms with E-state index in [1.807, 2.05) is 0 Å². The average Bonchev–Trinajstić information content (AvgIpc) is 2.52. The maximum atomic E-state index is 9.56. The quantitative estimate of drug-likeness (QED) is 0.653. The molecule has 0 saturated carbocycles. The Morgan fingerprint density at radius 1 is 1.69 bits per heavy atom. The molecule has 0 atom stereocenters. The van der Waals surface area contributed by atoms with Crippen LogP contribution < -0.4 is 5.73 Å². The van der Waals surface area contributed by atoms with Gasteiger partial charge in [-0.15, -0.1) is 0 Å². The van der Waals surface area contributed by atoms with Crippen molar-refractivity contribution < 1.29 is 10.6 Å². The fourth-order valence-electron chi connectivity index (χ4n) is 1.25. The molecule has 13 heavy (non-hydrogen) atoms. The lowest BCUT2D eigenvalue weighted by atomic mass is 10.1. The van der Waals surface area contributed by atoms with Crippen LogP contribution in [-0.4, -0.2) is 16.6 Å². The molecule has 1 aromatic heterocycles. The van der Waals surface area contributed by atoms with Gasteiger partial charge in [-0.3, -0.25) is 0 Å². The van der Waals surface area contributed by atoms with Crippen molar-refractivity contribution in [2.45, 2.75) is 6.42 Å². The number of phenols is 1. The summed E-state index contributed by atoms with van der Waals surface area (Å²) in [7, 11) is 0. The number of fused-ring (bicyclic) bond motifs is 1. The molecule has 0 radical (unpaired) electrons. The Bertz CT molecular complexity index is 594. The third-order valence-electron chi connectivity index (χ3n) is 1.85. The Morgan fingerprint density at radius 2 is 2.54 bits per heavy atom. The third kappa shape index (κ3) is 1.38. The van der Waals surface area contributed by atoms with Crippen LogP contribution >= 0.6 is 0 Å². The van der Waals surface area contributed by atoms with Crippen LogP contribution in [-0.2, 0) is 6.42 Å². The van der Waals surface area contributed by atoms with Gasteiger partial charge >= 0.3 is 0 Å². The Morgan fingerprint density at radius 3 is 3.31 bits per heavy atom. The zero-order valence-electron chi connectivity index (χ0n) is 11.0. The van der Waals surface area contributed by atoms with Crippen molar-refractivity contribution in [3.05, 3.63) is 29.9 Å². The molecule has 4 N–H and O–H groups in total. The lowest BCUT2D eigenvalue weighted by molar-refractivity contribution is 0.476. The van der Waals surface area contributed by atoms with Crippen molar-refractivity contribution in [1.82, 2.24) is 4.98 Å². The van der Waals surface area contributed by atoms with E-state index >= 15 is 0 Å². The second-order valence-electron chi connectivity index (χ2n) is 2.76. The Hall–Kier alpha value is -1.48. The Labute approximate surface area is 81.9 Å². The predicted molar refractivity (Wildman–Crippen MR) is 52.7 cm³/mol. The summed E-state index contributed by atoms with van der Waals surface area (Å²) in [5, 5.41) is 9.90. The summed E-state index contributed by atoms with van der Waals surface area (Å²) in [5.41, 5.74) is 6.19. The molecule has 0 aliphatic carbocycles. The van der Waals surface area contributed by atoms with Gasteiger partial charge < -0.3 is 15.8 Å². The van der Waals surface area contributed by atoms with Crippen LogP contribution in [0.3, 0.4) is 0 Å². The molecule has 0 unspecified atom stereocenters. The van der Waals surface area contributed by atoms with Crippen LogP contribution in [0.2, 0.25) is 1.41 Å². The second-order valence-corrected chi connectivity index (χ2v) is 2.76. The minimum Gasteiger partial charge on any atom is -0.508 e. The molecular weight excluding hydrogens is 164 g/mol. The van der Waals surface area contributed by atoms with E-state index in [4.69, 9.17) is 11.3 Å². The number of aromatic hydroxyl groups is 1. The monoisotopic (exact) mass is 180 g/mol. The minimum atomic E-state index is -0.429. The van der Waals surface area contributed by atoms with Crippen LogP contribution in [0, 0.1) is 0 Å². The highest BCUT2D eigenvalue weighted by Crippen LogP contribution is 2.22. The SMILES string of the molecule is [2H]c1cc2c(c([2H])c1O)c(CCN)c([2H])n2[2H]. The van der Waals surface area contributed by atoms with Gasteiger partial charge in [0.15, 0.2) is 1.41 Å². The standard InChI is InChI=1S/C10H12N2O/c11-4-3-7-6-12-10-2-1-8(13)5-9(7)10/h1-2,5-6,12-13H,3-4,11H2/i1D,5D,6D/hD. The number of phenolic OH excluding ortho intramolecular Hbond substituents is 1. The molecule has 1 aromatic carbocycles. The summed E-state index contributed by atoms with van der Waals surface area (Å²) >= 11 is 0. The van der Waals surface area contributed by atoms with Gasteiger partial charge in [-0.25, -0.2) is 0 Å². The highest BCUT2D eigenvalue weighted by molar-refractivity contribution is 5.84. The van der Waals surface area contributed by atoms with E-state index < -0.39 is 5.75 Å². The lowest BCUT2D eigenvalue weighted by Gasteiger charge is -1.96. The van der Waals surface area contributed by atoms with E-state index in [-0.39, 0.29) is 23.8 Å². The van der Waals surface area contributed by atoms with E-state index in [0.717, 1.165) is 4.98 Å². The summed E-state index contributed by atoms with van der Waals surface area (Å²) in [6.45, 7) is 0.299. The first-order valence-corrected chi connectivity index (χ1v) is 4.01. The van der Waals surface area contributed by atoms with Gasteiger partial charge in [0, 0.05) is 17.1 Å². The molecule has 3 nitrogen and oxygen atoms in total. The molecule has 0 fully saturated rings. The fourth-order valence-corrected chi connectivity index (χ4v) is 1.25. The number of aromatic amines is 1. The number of hydrogen-bond acceptors (Lipinski definition) is 2. The fraction of sp³-hybridized carbons (Fsp3) is 0.200. The summed E-state index contributed by atoms with van der Waals surface area (Å²) in [4.78, 5) is 0.857. The van der Waals surface area contributed by atoms with Crippen LogP contribution in [0.1, 0.15) is 9.68 Å². The molecule has 0 aliphatic heterocycles. The van der Waals surface area contributed by atoms with Crippen molar-refractivity contribution in [3.63, 3.8) is 0 Å². The van der Waals surface area contributed by atoms with Gasteiger partial charge in [-0.2, -0.15) is 0 Å². The molecular formula is C10H12N2O. The molecule has 0 aliphatic rings. The van der Waals surface area contributed by atoms with Crippen molar-refractivity contribution in [2.75, 3.05) is 6.54 Å². The number of nitrogens with two attached hydrogens (primary N) is 1. The van der Waals surface area contributed by atoms with Gasteiger partial charge in [0.1, 0.15) is 5.75 Å². The first kappa shape index (κ1) is 4.67. The Balaban J connectivity index is 2.91. The summed E-state index contributed by atoms with van der Waals surface area (Å²) in [6.07, 6.45) is 0.313. The summed E-state index contributed by atoms with van der Waals surface area (Å²) < 4.78 is 30.7. The van der Waals surface area contributed by atoms with Crippen molar-refractivity contribution in [2.24, 2.45) is 5.73 Å². The highest BCUT2D eigenvalue weighted by atomic mass is 16.3. The zero-order chi connectivity index (χ0) is 12.7. The largest absolute Gasteiger partial charge is 0.508 e. The minimum absolute atomic E-state index is 0.0519. The predicted octanol–water partition coefficient (Wildman–Crippen LogP) is 1.37. The molecule has 2 rings (SSSR count). The van der Waals surface area contributed by atoms with Gasteiger partial charge in [-0.1, -0.05) is 0 Å². The molecule has 0 saturated heterocycles. The molecule has 0 bridgehead atoms. The summed E-state index contributed by atoms with van der Waals surface area (Å²) in [5.74, 6) is -0.429. The zero-order valence-corrected chi connectivity index (χ0v) is 6.96. The molecule has 2 aromatic rings. The Kier molecular flexibility index (Phi) is 1.12. The number of aromatic nitrogens is 1. The topological polar surface area (TPSA) is 62.0 Å². The van der Waals surface area contributed by atoms with E-state index in [0.29, 0.717) is 23.9 Å². The van der Waals surface area contributed by atoms with E-state index in [2.05, 4.69) is 0 Å². The van der Waals surface area contributed by atoms with Crippen LogP contribution in [0.5, 0.6) is 5.75 Å². The highest BCUT2D eigenvalue weighted by Gasteiger charge is 2.02. The smallest absolute Gasteiger partial charge is 0.166 e. The van der Waals surface area contributed by atoms with E-state index in [1.165, 1.54) is 6.07 Å². The second kappa shape index (κ2) is 3.11. The van der Waals surface area contributed by atoms with Crippen molar-refractivity contribution >= 4 is 10.9 Å². The van der Waals surface area contributed by atoms with E-state index in [1.54, 1.807) is 0 Å².